The third kappa shape index (κ3) is 5.10. The summed E-state index contributed by atoms with van der Waals surface area (Å²) < 4.78 is 0. The number of carbonyl (C=O) groups is 3. The molecule has 0 radical (unpaired) electrons. The summed E-state index contributed by atoms with van der Waals surface area (Å²) in [5, 5.41) is 16.8. The molecule has 166 valence electrons. The van der Waals surface area contributed by atoms with Crippen molar-refractivity contribution in [3.05, 3.63) is 21.8 Å². The number of aromatic nitrogens is 1. The molecule has 6 N–H and O–H groups in total. The Hall–Kier alpha value is -1.77. The molecule has 0 aliphatic carbocycles. The van der Waals surface area contributed by atoms with E-state index in [2.05, 4.69) is 15.5 Å². The first kappa shape index (κ1) is 26.3. The maximum atomic E-state index is 12.7. The van der Waals surface area contributed by atoms with Crippen molar-refractivity contribution in [3.8, 4) is 0 Å². The minimum absolute atomic E-state index is 0. The number of hydrogen-bond acceptors (Lipinski definition) is 10. The number of hydrogen-bond donors (Lipinski definition) is 4. The number of nitrogens with zero attached hydrogens (tertiary/aromatic N) is 3. The second-order valence-electron chi connectivity index (χ2n) is 5.55. The van der Waals surface area contributed by atoms with Gasteiger partial charge in [-0.1, -0.05) is 16.8 Å². The van der Waals surface area contributed by atoms with Crippen LogP contribution in [0.2, 0.25) is 0 Å². The molecule has 2 aliphatic rings. The van der Waals surface area contributed by atoms with Crippen LogP contribution >= 0.6 is 59.5 Å². The van der Waals surface area contributed by atoms with Gasteiger partial charge >= 0.3 is 5.97 Å². The Labute approximate surface area is 196 Å². The molecule has 1 unspecified atom stereocenters. The normalized spacial score (nSPS) is 20.4. The number of carbonyl (C=O) groups excluding carboxylic acids is 2. The van der Waals surface area contributed by atoms with Crippen LogP contribution in [-0.2, 0) is 19.2 Å². The molecule has 3 heterocycles. The summed E-state index contributed by atoms with van der Waals surface area (Å²) in [4.78, 5) is 46.5. The molecule has 1 fully saturated rings. The van der Waals surface area contributed by atoms with E-state index in [-0.39, 0.29) is 71.0 Å². The number of halogens is 3. The summed E-state index contributed by atoms with van der Waals surface area (Å²) in [5.74, 6) is -2.38. The zero-order valence-corrected chi connectivity index (χ0v) is 19.0. The fraction of sp³-hybridized carbons (Fsp3) is 0.357. The zero-order chi connectivity index (χ0) is 20.4. The first-order chi connectivity index (χ1) is 13.3. The number of rotatable bonds is 7. The highest BCUT2D eigenvalue weighted by Crippen LogP contribution is 2.41. The standard InChI is InChI=1S/C14H15ClN6O5S2.2ClH/c15-5-3-27-12-8(11(23)21(12)9(5)13(24)25)19-10(22)7(20-26-2-1-16)6-4-28-14(17)18-6;;/h4,8,12H,1-3,16H2,(H2,17,18)(H,19,22)(H,24,25);2*1H/b20-7-;;/t8?,12-;;/m1../s1. The number of nitrogens with two attached hydrogens (primary N) is 2. The maximum Gasteiger partial charge on any atom is 0.353 e. The van der Waals surface area contributed by atoms with E-state index in [4.69, 9.17) is 27.9 Å². The predicted molar refractivity (Wildman–Crippen MR) is 118 cm³/mol. The second kappa shape index (κ2) is 11.0. The van der Waals surface area contributed by atoms with Crippen LogP contribution in [0.5, 0.6) is 0 Å². The lowest BCUT2D eigenvalue weighted by Gasteiger charge is -2.48. The lowest BCUT2D eigenvalue weighted by Crippen LogP contribution is -2.71. The third-order valence-electron chi connectivity index (χ3n) is 3.76. The number of nitrogen functional groups attached to an aromatic ring is 1. The summed E-state index contributed by atoms with van der Waals surface area (Å²) in [7, 11) is 0. The van der Waals surface area contributed by atoms with Crippen molar-refractivity contribution < 1.29 is 24.3 Å². The SMILES string of the molecule is Cl.Cl.NCCO/N=C(\C(=O)NC1C(=O)N2C(C(=O)O)=C(Cl)CS[C@H]12)c1csc(N)n1. The molecule has 2 atom stereocenters. The molecule has 0 spiro atoms. The van der Waals surface area contributed by atoms with Gasteiger partial charge in [-0.2, -0.15) is 0 Å². The Morgan fingerprint density at radius 3 is 2.73 bits per heavy atom. The number of thiazole rings is 1. The highest BCUT2D eigenvalue weighted by Gasteiger charge is 2.54. The molecule has 0 bridgehead atoms. The number of aliphatic carboxylic acids is 1. The van der Waals surface area contributed by atoms with Crippen molar-refractivity contribution in [2.75, 3.05) is 24.6 Å². The molecule has 0 aromatic carbocycles. The minimum atomic E-state index is -1.30. The van der Waals surface area contributed by atoms with E-state index in [9.17, 15) is 19.5 Å². The van der Waals surface area contributed by atoms with Crippen LogP contribution in [-0.4, -0.2) is 68.8 Å². The fourth-order valence-corrected chi connectivity index (χ4v) is 4.65. The van der Waals surface area contributed by atoms with E-state index in [0.29, 0.717) is 0 Å². The molecule has 30 heavy (non-hydrogen) atoms. The van der Waals surface area contributed by atoms with Crippen molar-refractivity contribution >= 4 is 88.1 Å². The fourth-order valence-electron chi connectivity index (χ4n) is 2.56. The molecule has 16 heteroatoms. The van der Waals surface area contributed by atoms with Gasteiger partial charge in [-0.25, -0.2) is 9.78 Å². The van der Waals surface area contributed by atoms with E-state index in [0.717, 1.165) is 16.2 Å². The topological polar surface area (TPSA) is 173 Å². The van der Waals surface area contributed by atoms with Gasteiger partial charge in [0.25, 0.3) is 11.8 Å². The van der Waals surface area contributed by atoms with Gasteiger partial charge in [0.2, 0.25) is 0 Å². The Bertz CT molecular complexity index is 895. The van der Waals surface area contributed by atoms with Gasteiger partial charge in [-0.15, -0.1) is 47.9 Å². The lowest BCUT2D eigenvalue weighted by atomic mass is 10.0. The van der Waals surface area contributed by atoms with Gasteiger partial charge < -0.3 is 26.7 Å². The Morgan fingerprint density at radius 1 is 1.47 bits per heavy atom. The molecule has 1 aromatic heterocycles. The molecule has 3 rings (SSSR count). The first-order valence-electron chi connectivity index (χ1n) is 7.84. The number of nitrogens with one attached hydrogen (secondary N) is 1. The lowest BCUT2D eigenvalue weighted by molar-refractivity contribution is -0.150. The molecular formula is C14H17Cl3N6O5S2. The Morgan fingerprint density at radius 2 is 2.17 bits per heavy atom. The molecule has 1 aromatic rings. The quantitative estimate of drug-likeness (QED) is 0.170. The number of carboxylic acids is 1. The minimum Gasteiger partial charge on any atom is -0.477 e. The van der Waals surface area contributed by atoms with Crippen molar-refractivity contribution in [2.24, 2.45) is 10.9 Å². The average Bonchev–Trinajstić information content (AvgIpc) is 3.08. The summed E-state index contributed by atoms with van der Waals surface area (Å²) in [6.07, 6.45) is 0. The van der Waals surface area contributed by atoms with Crippen molar-refractivity contribution in [3.63, 3.8) is 0 Å². The summed E-state index contributed by atoms with van der Waals surface area (Å²) in [6, 6.07) is -0.938. The Balaban J connectivity index is 0.00000225. The average molecular weight is 520 g/mol. The van der Waals surface area contributed by atoms with Crippen LogP contribution < -0.4 is 16.8 Å². The van der Waals surface area contributed by atoms with Crippen molar-refractivity contribution in [2.45, 2.75) is 11.4 Å². The van der Waals surface area contributed by atoms with Crippen LogP contribution in [0, 0.1) is 0 Å². The Kier molecular flexibility index (Phi) is 9.65. The van der Waals surface area contributed by atoms with Crippen molar-refractivity contribution in [1.29, 1.82) is 0 Å². The van der Waals surface area contributed by atoms with E-state index in [1.807, 2.05) is 0 Å². The number of carboxylic acid groups (broad SMARTS) is 1. The number of thioether (sulfide) groups is 1. The largest absolute Gasteiger partial charge is 0.477 e. The predicted octanol–water partition coefficient (Wildman–Crippen LogP) is 0.183. The second-order valence-corrected chi connectivity index (χ2v) is 8.00. The van der Waals surface area contributed by atoms with Crippen LogP contribution in [0.3, 0.4) is 0 Å². The molecule has 1 saturated heterocycles. The van der Waals surface area contributed by atoms with E-state index >= 15 is 0 Å². The van der Waals surface area contributed by atoms with Gasteiger partial charge in [0.15, 0.2) is 10.8 Å². The molecular weight excluding hydrogens is 503 g/mol. The molecule has 0 saturated carbocycles. The summed E-state index contributed by atoms with van der Waals surface area (Å²) in [5.41, 5.74) is 10.7. The number of fused-ring (bicyclic) bond motifs is 1. The molecule has 2 aliphatic heterocycles. The van der Waals surface area contributed by atoms with Gasteiger partial charge in [0.05, 0.1) is 5.03 Å². The van der Waals surface area contributed by atoms with Crippen LogP contribution in [0.4, 0.5) is 5.13 Å². The van der Waals surface area contributed by atoms with Crippen molar-refractivity contribution in [1.82, 2.24) is 15.2 Å². The highest BCUT2D eigenvalue weighted by molar-refractivity contribution is 8.00. The number of anilines is 1. The van der Waals surface area contributed by atoms with Crippen LogP contribution in [0.25, 0.3) is 0 Å². The first-order valence-corrected chi connectivity index (χ1v) is 10.1. The highest BCUT2D eigenvalue weighted by atomic mass is 35.5. The number of oxime groups is 1. The smallest absolute Gasteiger partial charge is 0.353 e. The molecule has 11 nitrogen and oxygen atoms in total. The van der Waals surface area contributed by atoms with Gasteiger partial charge in [0.1, 0.15) is 29.4 Å². The number of β-lactam (4-membered cyclic amide) rings is 1. The van der Waals surface area contributed by atoms with E-state index in [1.165, 1.54) is 17.1 Å². The van der Waals surface area contributed by atoms with Gasteiger partial charge in [-0.3, -0.25) is 14.5 Å². The molecule has 2 amide bonds. The van der Waals surface area contributed by atoms with E-state index in [1.54, 1.807) is 0 Å². The summed E-state index contributed by atoms with van der Waals surface area (Å²) in [6.45, 7) is 0.272. The zero-order valence-electron chi connectivity index (χ0n) is 14.9. The number of amides is 2. The summed E-state index contributed by atoms with van der Waals surface area (Å²) >= 11 is 8.28. The third-order valence-corrected chi connectivity index (χ3v) is 6.18. The van der Waals surface area contributed by atoms with Gasteiger partial charge in [-0.05, 0) is 0 Å². The van der Waals surface area contributed by atoms with Gasteiger partial charge in [0, 0.05) is 17.7 Å². The van der Waals surface area contributed by atoms with Crippen LogP contribution in [0.15, 0.2) is 21.3 Å². The van der Waals surface area contributed by atoms with Crippen LogP contribution in [0.1, 0.15) is 5.69 Å². The monoisotopic (exact) mass is 518 g/mol. The van der Waals surface area contributed by atoms with E-state index < -0.39 is 29.2 Å². The maximum absolute atomic E-state index is 12.7.